The topological polar surface area (TPSA) is 133 Å². The highest BCUT2D eigenvalue weighted by molar-refractivity contribution is 7.92. The van der Waals surface area contributed by atoms with E-state index in [1.807, 2.05) is 0 Å². The van der Waals surface area contributed by atoms with Gasteiger partial charge in [0, 0.05) is 11.6 Å². The van der Waals surface area contributed by atoms with Crippen molar-refractivity contribution in [2.75, 3.05) is 0 Å². The van der Waals surface area contributed by atoms with E-state index in [0.29, 0.717) is 12.8 Å². The lowest BCUT2D eigenvalue weighted by atomic mass is 10.0. The second-order valence-electron chi connectivity index (χ2n) is 6.77. The minimum absolute atomic E-state index is 0.0125. The SMILES string of the molecule is O=COCc1ccccc1S(=O)(=O)c1ccc(S(=O)(=O)C2CCCCC2)[n+](=O)[nH]1. The average molecular weight is 442 g/mol. The van der Waals surface area contributed by atoms with Gasteiger partial charge in [-0.05, 0) is 25.0 Å². The molecular weight excluding hydrogens is 420 g/mol. The zero-order valence-corrected chi connectivity index (χ0v) is 17.1. The van der Waals surface area contributed by atoms with E-state index in [4.69, 9.17) is 0 Å². The lowest BCUT2D eigenvalue weighted by Gasteiger charge is -2.18. The largest absolute Gasteiger partial charge is 0.463 e. The molecule has 11 heteroatoms. The predicted molar refractivity (Wildman–Crippen MR) is 101 cm³/mol. The molecule has 29 heavy (non-hydrogen) atoms. The average Bonchev–Trinajstić information content (AvgIpc) is 2.72. The van der Waals surface area contributed by atoms with Gasteiger partial charge in [0.1, 0.15) is 6.61 Å². The highest BCUT2D eigenvalue weighted by Gasteiger charge is 2.37. The lowest BCUT2D eigenvalue weighted by Crippen LogP contribution is -2.35. The van der Waals surface area contributed by atoms with Gasteiger partial charge in [0.05, 0.1) is 15.1 Å². The summed E-state index contributed by atoms with van der Waals surface area (Å²) >= 11 is 0. The number of aromatic nitrogens is 2. The third kappa shape index (κ3) is 4.25. The number of hydrogen-bond acceptors (Lipinski definition) is 7. The van der Waals surface area contributed by atoms with Crippen LogP contribution in [0.1, 0.15) is 37.7 Å². The maximum absolute atomic E-state index is 13.0. The fourth-order valence-corrected chi connectivity index (χ4v) is 6.69. The molecule has 0 saturated heterocycles. The van der Waals surface area contributed by atoms with Crippen molar-refractivity contribution in [2.24, 2.45) is 0 Å². The number of carbonyl (C=O) groups excluding carboxylic acids is 1. The van der Waals surface area contributed by atoms with E-state index in [-0.39, 0.29) is 28.1 Å². The van der Waals surface area contributed by atoms with E-state index in [1.54, 1.807) is 6.07 Å². The molecule has 1 aromatic heterocycles. The highest BCUT2D eigenvalue weighted by Crippen LogP contribution is 2.28. The van der Waals surface area contributed by atoms with Crippen LogP contribution in [-0.4, -0.2) is 33.7 Å². The number of nitrogens with one attached hydrogen (secondary N) is 1. The number of nitrogens with zero attached hydrogens (tertiary/aromatic N) is 1. The second kappa shape index (κ2) is 8.46. The Balaban J connectivity index is 2.00. The van der Waals surface area contributed by atoms with Crippen molar-refractivity contribution < 1.29 is 30.9 Å². The molecule has 2 aromatic rings. The maximum atomic E-state index is 13.0. The number of hydrogen-bond donors (Lipinski definition) is 1. The van der Waals surface area contributed by atoms with Crippen LogP contribution in [0.25, 0.3) is 0 Å². The fourth-order valence-electron chi connectivity index (χ4n) is 3.44. The molecule has 1 saturated carbocycles. The minimum Gasteiger partial charge on any atom is -0.463 e. The number of sulfone groups is 2. The van der Waals surface area contributed by atoms with Crippen molar-refractivity contribution in [3.05, 3.63) is 46.9 Å². The molecule has 0 bridgehead atoms. The molecule has 1 N–H and O–H groups in total. The Kier molecular flexibility index (Phi) is 6.18. The minimum atomic E-state index is -4.18. The molecule has 0 spiro atoms. The van der Waals surface area contributed by atoms with Crippen LogP contribution in [0, 0.1) is 4.91 Å². The standard InChI is InChI=1S/C18H21N2O7S2/c21-13-27-12-14-6-4-5-9-16(14)29(25,26)17-10-11-18(20(22)19-17)28(23,24)15-7-2-1-3-8-15/h4-6,9-11,13,15H,1-3,7-8,12H2,(H,19,22)/q+1. The normalized spacial score (nSPS) is 15.7. The Morgan fingerprint density at radius 2 is 1.72 bits per heavy atom. The van der Waals surface area contributed by atoms with Crippen molar-refractivity contribution in [1.82, 2.24) is 5.10 Å². The van der Waals surface area contributed by atoms with Gasteiger partial charge in [-0.15, -0.1) is 5.10 Å². The van der Waals surface area contributed by atoms with Crippen LogP contribution in [0.2, 0.25) is 0 Å². The monoisotopic (exact) mass is 441 g/mol. The summed E-state index contributed by atoms with van der Waals surface area (Å²) in [6.45, 7) is -0.0591. The number of H-pyrrole nitrogens is 1. The van der Waals surface area contributed by atoms with Gasteiger partial charge in [-0.1, -0.05) is 37.5 Å². The Morgan fingerprint density at radius 3 is 2.38 bits per heavy atom. The highest BCUT2D eigenvalue weighted by atomic mass is 32.2. The first-order valence-electron chi connectivity index (χ1n) is 9.06. The molecule has 156 valence electrons. The number of aromatic amines is 1. The molecule has 1 aromatic carbocycles. The number of carbonyl (C=O) groups is 1. The Morgan fingerprint density at radius 1 is 1.03 bits per heavy atom. The summed E-state index contributed by atoms with van der Waals surface area (Å²) in [4.78, 5) is 22.7. The van der Waals surface area contributed by atoms with Crippen LogP contribution in [0.3, 0.4) is 0 Å². The molecule has 1 aliphatic rings. The van der Waals surface area contributed by atoms with Gasteiger partial charge in [-0.25, -0.2) is 16.8 Å². The van der Waals surface area contributed by atoms with Crippen LogP contribution < -0.4 is 4.54 Å². The van der Waals surface area contributed by atoms with Gasteiger partial charge in [-0.2, -0.15) is 0 Å². The van der Waals surface area contributed by atoms with E-state index in [9.17, 15) is 26.5 Å². The molecule has 0 atom stereocenters. The van der Waals surface area contributed by atoms with E-state index in [0.717, 1.165) is 31.4 Å². The predicted octanol–water partition coefficient (Wildman–Crippen LogP) is 1.54. The third-order valence-corrected chi connectivity index (χ3v) is 8.95. The maximum Gasteiger partial charge on any atom is 0.382 e. The molecule has 0 amide bonds. The molecule has 1 heterocycles. The first-order chi connectivity index (χ1) is 13.8. The number of rotatable bonds is 7. The van der Waals surface area contributed by atoms with Crippen LogP contribution in [0.15, 0.2) is 51.3 Å². The summed E-state index contributed by atoms with van der Waals surface area (Å²) in [5.41, 5.74) is 0.226. The van der Waals surface area contributed by atoms with Gasteiger partial charge in [0.25, 0.3) is 6.47 Å². The van der Waals surface area contributed by atoms with Crippen LogP contribution in [-0.2, 0) is 35.8 Å². The molecule has 0 unspecified atom stereocenters. The molecule has 1 fully saturated rings. The molecule has 9 nitrogen and oxygen atoms in total. The van der Waals surface area contributed by atoms with Gasteiger partial charge in [0.2, 0.25) is 19.7 Å². The van der Waals surface area contributed by atoms with Gasteiger partial charge >= 0.3 is 5.03 Å². The number of benzene rings is 1. The zero-order chi connectivity index (χ0) is 21.1. The van der Waals surface area contributed by atoms with Crippen molar-refractivity contribution >= 4 is 26.1 Å². The first-order valence-corrected chi connectivity index (χ1v) is 12.1. The van der Waals surface area contributed by atoms with Crippen molar-refractivity contribution in [1.29, 1.82) is 0 Å². The summed E-state index contributed by atoms with van der Waals surface area (Å²) in [6.07, 6.45) is 3.47. The Bertz CT molecular complexity index is 1160. The lowest BCUT2D eigenvalue weighted by molar-refractivity contribution is -0.610. The van der Waals surface area contributed by atoms with Gasteiger partial charge < -0.3 is 4.74 Å². The van der Waals surface area contributed by atoms with Crippen LogP contribution >= 0.6 is 0 Å². The van der Waals surface area contributed by atoms with Crippen molar-refractivity contribution in [3.63, 3.8) is 0 Å². The number of ether oxygens (including phenoxy) is 1. The third-order valence-electron chi connectivity index (χ3n) is 4.93. The van der Waals surface area contributed by atoms with E-state index in [1.165, 1.54) is 18.2 Å². The quantitative estimate of drug-likeness (QED) is 0.509. The molecule has 0 radical (unpaired) electrons. The van der Waals surface area contributed by atoms with Crippen LogP contribution in [0.5, 0.6) is 0 Å². The van der Waals surface area contributed by atoms with Crippen molar-refractivity contribution in [2.45, 2.75) is 58.9 Å². The molecular formula is C18H21N2O7S2+. The van der Waals surface area contributed by atoms with E-state index >= 15 is 0 Å². The van der Waals surface area contributed by atoms with Crippen LogP contribution in [0.4, 0.5) is 0 Å². The van der Waals surface area contributed by atoms with E-state index < -0.39 is 35.0 Å². The fraction of sp³-hybridized carbons (Fsp3) is 0.389. The Hall–Kier alpha value is -2.53. The summed E-state index contributed by atoms with van der Waals surface area (Å²) in [6, 6.07) is 7.95. The summed E-state index contributed by atoms with van der Waals surface area (Å²) < 4.78 is 56.1. The molecule has 0 aliphatic heterocycles. The molecule has 3 rings (SSSR count). The van der Waals surface area contributed by atoms with E-state index in [2.05, 4.69) is 9.84 Å². The second-order valence-corrected chi connectivity index (χ2v) is 10.8. The zero-order valence-electron chi connectivity index (χ0n) is 15.5. The summed E-state index contributed by atoms with van der Waals surface area (Å²) in [7, 11) is -8.05. The summed E-state index contributed by atoms with van der Waals surface area (Å²) in [5.74, 6) is 0. The molecule has 1 aliphatic carbocycles. The summed E-state index contributed by atoms with van der Waals surface area (Å²) in [5, 5.41) is 0.519. The Labute approximate surface area is 168 Å². The van der Waals surface area contributed by atoms with Gasteiger partial charge in [0.15, 0.2) is 9.57 Å². The van der Waals surface area contributed by atoms with Gasteiger partial charge in [-0.3, -0.25) is 4.79 Å². The first kappa shape index (κ1) is 21.2. The van der Waals surface area contributed by atoms with Crippen molar-refractivity contribution in [3.8, 4) is 0 Å². The smallest absolute Gasteiger partial charge is 0.382 e.